The van der Waals surface area contributed by atoms with Gasteiger partial charge in [0.25, 0.3) is 5.91 Å². The molecular formula is C23H34N3O5+. The van der Waals surface area contributed by atoms with Crippen LogP contribution in [0.2, 0.25) is 0 Å². The van der Waals surface area contributed by atoms with Crippen LogP contribution in [0.25, 0.3) is 0 Å². The molecule has 2 aliphatic heterocycles. The van der Waals surface area contributed by atoms with Gasteiger partial charge in [-0.05, 0) is 37.6 Å². The van der Waals surface area contributed by atoms with E-state index in [-0.39, 0.29) is 24.3 Å². The van der Waals surface area contributed by atoms with E-state index in [1.165, 1.54) is 17.7 Å². The average Bonchev–Trinajstić information content (AvgIpc) is 3.08. The summed E-state index contributed by atoms with van der Waals surface area (Å²) in [6, 6.07) is 6.77. The highest BCUT2D eigenvalue weighted by molar-refractivity contribution is 6.21. The molecule has 0 bridgehead atoms. The van der Waals surface area contributed by atoms with Gasteiger partial charge in [0.15, 0.2) is 6.04 Å². The molecular weight excluding hydrogens is 398 g/mol. The van der Waals surface area contributed by atoms with Crippen molar-refractivity contribution in [2.24, 2.45) is 0 Å². The Morgan fingerprint density at radius 3 is 2.42 bits per heavy atom. The molecule has 0 spiro atoms. The van der Waals surface area contributed by atoms with Crippen LogP contribution in [0.1, 0.15) is 46.0 Å². The van der Waals surface area contributed by atoms with Crippen LogP contribution in [0, 0.1) is 0 Å². The Balaban J connectivity index is 1.54. The lowest BCUT2D eigenvalue weighted by Crippen LogP contribution is -3.19. The van der Waals surface area contributed by atoms with Crippen LogP contribution in [0.15, 0.2) is 24.3 Å². The molecule has 1 aromatic rings. The zero-order valence-electron chi connectivity index (χ0n) is 18.6. The molecule has 1 atom stereocenters. The maximum absolute atomic E-state index is 13.0. The number of amides is 3. The van der Waals surface area contributed by atoms with E-state index in [2.05, 4.69) is 6.92 Å². The normalized spacial score (nSPS) is 19.7. The van der Waals surface area contributed by atoms with Gasteiger partial charge in [0.1, 0.15) is 5.75 Å². The highest BCUT2D eigenvalue weighted by atomic mass is 16.6. The number of piperazine rings is 1. The summed E-state index contributed by atoms with van der Waals surface area (Å²) in [6.45, 7) is 7.28. The van der Waals surface area contributed by atoms with Crippen LogP contribution >= 0.6 is 0 Å². The molecule has 170 valence electrons. The third-order valence-corrected chi connectivity index (χ3v) is 5.93. The van der Waals surface area contributed by atoms with Crippen molar-refractivity contribution in [3.05, 3.63) is 24.3 Å². The van der Waals surface area contributed by atoms with E-state index in [1.54, 1.807) is 24.0 Å². The lowest BCUT2D eigenvalue weighted by Gasteiger charge is -2.33. The van der Waals surface area contributed by atoms with Crippen molar-refractivity contribution in [2.75, 3.05) is 44.3 Å². The Labute approximate surface area is 184 Å². The molecule has 8 heteroatoms. The molecule has 0 aliphatic carbocycles. The summed E-state index contributed by atoms with van der Waals surface area (Å²) >= 11 is 0. The second-order valence-corrected chi connectivity index (χ2v) is 8.07. The van der Waals surface area contributed by atoms with Crippen LogP contribution < -0.4 is 14.5 Å². The van der Waals surface area contributed by atoms with E-state index in [4.69, 9.17) is 9.47 Å². The van der Waals surface area contributed by atoms with Crippen molar-refractivity contribution in [1.29, 1.82) is 0 Å². The van der Waals surface area contributed by atoms with Crippen LogP contribution in [0.4, 0.5) is 10.5 Å². The minimum absolute atomic E-state index is 0.169. The largest absolute Gasteiger partial charge is 0.494 e. The number of unbranched alkanes of at least 4 members (excludes halogenated alkanes) is 3. The number of anilines is 1. The molecule has 31 heavy (non-hydrogen) atoms. The number of imide groups is 1. The van der Waals surface area contributed by atoms with Gasteiger partial charge in [-0.2, -0.15) is 0 Å². The first-order chi connectivity index (χ1) is 15.0. The van der Waals surface area contributed by atoms with Crippen LogP contribution in [-0.4, -0.2) is 68.2 Å². The standard InChI is InChI=1S/C23H33N3O5/c1-3-5-6-7-16-31-19-10-8-18(9-11-19)26-21(27)17-20(22(26)28)24-12-14-25(15-13-24)23(29)30-4-2/h8-11,20H,3-7,12-17H2,1-2H3/p+1/t20-/m0/s1. The first-order valence-corrected chi connectivity index (χ1v) is 11.4. The third-order valence-electron chi connectivity index (χ3n) is 5.93. The zero-order valence-corrected chi connectivity index (χ0v) is 18.6. The third kappa shape index (κ3) is 5.76. The Kier molecular flexibility index (Phi) is 8.28. The van der Waals surface area contributed by atoms with Crippen molar-refractivity contribution in [1.82, 2.24) is 4.90 Å². The molecule has 1 N–H and O–H groups in total. The van der Waals surface area contributed by atoms with Crippen LogP contribution in [0.3, 0.4) is 0 Å². The van der Waals surface area contributed by atoms with Gasteiger partial charge in [0.05, 0.1) is 51.5 Å². The van der Waals surface area contributed by atoms with Crippen LogP contribution in [0.5, 0.6) is 5.75 Å². The first kappa shape index (κ1) is 23.1. The molecule has 3 amide bonds. The van der Waals surface area contributed by atoms with Crippen molar-refractivity contribution in [3.8, 4) is 5.75 Å². The average molecular weight is 433 g/mol. The molecule has 2 aliphatic rings. The predicted octanol–water partition coefficient (Wildman–Crippen LogP) is 1.63. The van der Waals surface area contributed by atoms with Crippen molar-refractivity contribution >= 4 is 23.6 Å². The highest BCUT2D eigenvalue weighted by Crippen LogP contribution is 2.25. The molecule has 0 unspecified atom stereocenters. The SMILES string of the molecule is CCCCCCOc1ccc(N2C(=O)C[C@H]([NH+]3CCN(C(=O)OCC)CC3)C2=O)cc1. The van der Waals surface area contributed by atoms with Crippen molar-refractivity contribution < 1.29 is 28.8 Å². The summed E-state index contributed by atoms with van der Waals surface area (Å²) in [4.78, 5) is 41.5. The topological polar surface area (TPSA) is 80.6 Å². The summed E-state index contributed by atoms with van der Waals surface area (Å²) in [5.74, 6) is 0.401. The number of benzene rings is 1. The van der Waals surface area contributed by atoms with Gasteiger partial charge < -0.3 is 14.4 Å². The van der Waals surface area contributed by atoms with E-state index < -0.39 is 6.04 Å². The van der Waals surface area contributed by atoms with Gasteiger partial charge in [-0.25, -0.2) is 9.69 Å². The number of nitrogens with zero attached hydrogens (tertiary/aromatic N) is 2. The summed E-state index contributed by atoms with van der Waals surface area (Å²) in [7, 11) is 0. The number of quaternary nitrogens is 1. The number of rotatable bonds is 9. The number of carbonyl (C=O) groups excluding carboxylic acids is 3. The Hall–Kier alpha value is -2.61. The van der Waals surface area contributed by atoms with E-state index in [0.29, 0.717) is 45.1 Å². The summed E-state index contributed by atoms with van der Waals surface area (Å²) in [5, 5.41) is 0. The minimum Gasteiger partial charge on any atom is -0.494 e. The molecule has 0 aromatic heterocycles. The highest BCUT2D eigenvalue weighted by Gasteiger charge is 2.46. The van der Waals surface area contributed by atoms with Gasteiger partial charge in [0, 0.05) is 0 Å². The molecule has 2 saturated heterocycles. The molecule has 2 fully saturated rings. The second kappa shape index (κ2) is 11.1. The van der Waals surface area contributed by atoms with Crippen LogP contribution in [-0.2, 0) is 14.3 Å². The molecule has 3 rings (SSSR count). The minimum atomic E-state index is -0.397. The van der Waals surface area contributed by atoms with Gasteiger partial charge in [-0.15, -0.1) is 0 Å². The molecule has 0 radical (unpaired) electrons. The zero-order chi connectivity index (χ0) is 22.2. The van der Waals surface area contributed by atoms with E-state index in [1.807, 2.05) is 12.1 Å². The fourth-order valence-electron chi connectivity index (χ4n) is 4.17. The second-order valence-electron chi connectivity index (χ2n) is 8.07. The predicted molar refractivity (Wildman–Crippen MR) is 116 cm³/mol. The first-order valence-electron chi connectivity index (χ1n) is 11.4. The summed E-state index contributed by atoms with van der Waals surface area (Å²) in [6.07, 6.45) is 4.46. The summed E-state index contributed by atoms with van der Waals surface area (Å²) < 4.78 is 10.8. The van der Waals surface area contributed by atoms with Crippen molar-refractivity contribution in [3.63, 3.8) is 0 Å². The fourth-order valence-corrected chi connectivity index (χ4v) is 4.17. The number of ether oxygens (including phenoxy) is 2. The van der Waals surface area contributed by atoms with E-state index in [9.17, 15) is 14.4 Å². The number of nitrogens with one attached hydrogen (secondary N) is 1. The molecule has 1 aromatic carbocycles. The number of hydrogen-bond acceptors (Lipinski definition) is 5. The monoisotopic (exact) mass is 432 g/mol. The molecule has 8 nitrogen and oxygen atoms in total. The molecule has 0 saturated carbocycles. The number of hydrogen-bond donors (Lipinski definition) is 1. The van der Waals surface area contributed by atoms with Gasteiger partial charge >= 0.3 is 6.09 Å². The molecule has 2 heterocycles. The van der Waals surface area contributed by atoms with Gasteiger partial charge in [-0.3, -0.25) is 14.5 Å². The van der Waals surface area contributed by atoms with E-state index >= 15 is 0 Å². The Morgan fingerprint density at radius 1 is 1.06 bits per heavy atom. The maximum Gasteiger partial charge on any atom is 0.410 e. The van der Waals surface area contributed by atoms with Crippen molar-refractivity contribution in [2.45, 2.75) is 52.0 Å². The number of carbonyl (C=O) groups is 3. The summed E-state index contributed by atoms with van der Waals surface area (Å²) in [5.41, 5.74) is 0.584. The quantitative estimate of drug-likeness (QED) is 0.474. The van der Waals surface area contributed by atoms with Gasteiger partial charge in [0.2, 0.25) is 5.91 Å². The Bertz CT molecular complexity index is 759. The van der Waals surface area contributed by atoms with E-state index in [0.717, 1.165) is 23.5 Å². The fraction of sp³-hybridized carbons (Fsp3) is 0.609. The lowest BCUT2D eigenvalue weighted by atomic mass is 10.2. The Morgan fingerprint density at radius 2 is 1.77 bits per heavy atom. The smallest absolute Gasteiger partial charge is 0.410 e. The lowest BCUT2D eigenvalue weighted by molar-refractivity contribution is -0.918. The van der Waals surface area contributed by atoms with Gasteiger partial charge in [-0.1, -0.05) is 26.2 Å². The maximum atomic E-state index is 13.0.